The van der Waals surface area contributed by atoms with Gasteiger partial charge in [0.1, 0.15) is 22.6 Å². The molecule has 1 saturated heterocycles. The molecule has 0 saturated carbocycles. The number of nitrogens with zero attached hydrogens (tertiary/aromatic N) is 6. The summed E-state index contributed by atoms with van der Waals surface area (Å²) in [6.07, 6.45) is 0.0874. The van der Waals surface area contributed by atoms with Crippen molar-refractivity contribution in [2.75, 3.05) is 18.2 Å². The molecule has 14 heteroatoms. The Morgan fingerprint density at radius 1 is 1.00 bits per heavy atom. The van der Waals surface area contributed by atoms with E-state index in [4.69, 9.17) is 9.72 Å². The summed E-state index contributed by atoms with van der Waals surface area (Å²) in [4.78, 5) is 22.5. The van der Waals surface area contributed by atoms with Crippen LogP contribution in [0.1, 0.15) is 66.3 Å². The molecule has 0 spiro atoms. The number of aryl methyl sites for hydroxylation is 3. The molecule has 1 unspecified atom stereocenters. The van der Waals surface area contributed by atoms with Crippen LogP contribution in [0.4, 0.5) is 20.2 Å². The summed E-state index contributed by atoms with van der Waals surface area (Å²) in [6.45, 7) is 5.98. The number of hydrogen-bond donors (Lipinski definition) is 1. The lowest BCUT2D eigenvalue weighted by atomic mass is 10.1. The van der Waals surface area contributed by atoms with E-state index >= 15 is 0 Å². The summed E-state index contributed by atoms with van der Waals surface area (Å²) in [5, 5.41) is 5.79. The van der Waals surface area contributed by atoms with Crippen molar-refractivity contribution in [2.45, 2.75) is 64.0 Å². The van der Waals surface area contributed by atoms with Gasteiger partial charge in [-0.1, -0.05) is 0 Å². The van der Waals surface area contributed by atoms with Crippen molar-refractivity contribution in [2.24, 2.45) is 0 Å². The number of aromatic nitrogens is 6. The lowest BCUT2D eigenvalue weighted by Crippen LogP contribution is -2.20. The van der Waals surface area contributed by atoms with Crippen molar-refractivity contribution in [1.82, 2.24) is 29.5 Å². The standard InChI is InChI=1S/C30H31F2N7O3S2/c1-16-11-20(35-18(3)33-16)13-21-14-23(26-28(36-21)39(29(38-26)27(31)32)25-7-5-6-10-42-25)37-22-9-8-19(12-24(22)44(4,40)41)30-34-17(2)15-43-30/h8-9,11-12,14-15,25,27H,5-7,10,13H2,1-4H3,(H,36,37). The van der Waals surface area contributed by atoms with Gasteiger partial charge >= 0.3 is 0 Å². The first-order valence-electron chi connectivity index (χ1n) is 14.1. The number of anilines is 2. The van der Waals surface area contributed by atoms with Gasteiger partial charge in [-0.25, -0.2) is 42.1 Å². The molecule has 4 aromatic heterocycles. The molecule has 1 aromatic carbocycles. The summed E-state index contributed by atoms with van der Waals surface area (Å²) < 4.78 is 62.2. The van der Waals surface area contributed by atoms with Gasteiger partial charge in [-0.05, 0) is 70.4 Å². The topological polar surface area (TPSA) is 125 Å². The van der Waals surface area contributed by atoms with Gasteiger partial charge in [0, 0.05) is 41.6 Å². The Morgan fingerprint density at radius 3 is 2.45 bits per heavy atom. The molecule has 0 radical (unpaired) electrons. The van der Waals surface area contributed by atoms with E-state index in [1.54, 1.807) is 31.2 Å². The number of alkyl halides is 2. The third kappa shape index (κ3) is 6.19. The molecule has 0 bridgehead atoms. The van der Waals surface area contributed by atoms with Crippen molar-refractivity contribution in [3.63, 3.8) is 0 Å². The molecular weight excluding hydrogens is 609 g/mol. The zero-order chi connectivity index (χ0) is 31.2. The average molecular weight is 640 g/mol. The van der Waals surface area contributed by atoms with Crippen LogP contribution in [-0.4, -0.2) is 50.8 Å². The van der Waals surface area contributed by atoms with E-state index in [2.05, 4.69) is 25.3 Å². The first-order chi connectivity index (χ1) is 21.0. The average Bonchev–Trinajstić information content (AvgIpc) is 3.57. The minimum atomic E-state index is -3.72. The van der Waals surface area contributed by atoms with Gasteiger partial charge in [0.15, 0.2) is 21.3 Å². The molecule has 1 N–H and O–H groups in total. The van der Waals surface area contributed by atoms with Gasteiger partial charge in [0.25, 0.3) is 6.43 Å². The Morgan fingerprint density at radius 2 is 1.80 bits per heavy atom. The van der Waals surface area contributed by atoms with E-state index in [0.717, 1.165) is 30.5 Å². The van der Waals surface area contributed by atoms with Crippen molar-refractivity contribution in [3.05, 3.63) is 70.1 Å². The Balaban J connectivity index is 1.52. The van der Waals surface area contributed by atoms with Gasteiger partial charge in [-0.3, -0.25) is 4.57 Å². The zero-order valence-electron chi connectivity index (χ0n) is 24.6. The number of pyridine rings is 1. The summed E-state index contributed by atoms with van der Waals surface area (Å²) in [5.74, 6) is 0.152. The van der Waals surface area contributed by atoms with Gasteiger partial charge < -0.3 is 10.1 Å². The van der Waals surface area contributed by atoms with Crippen LogP contribution in [0.3, 0.4) is 0 Å². The number of sulfone groups is 1. The second-order valence-corrected chi connectivity index (χ2v) is 13.8. The predicted octanol–water partition coefficient (Wildman–Crippen LogP) is 6.64. The second-order valence-electron chi connectivity index (χ2n) is 10.9. The van der Waals surface area contributed by atoms with Crippen molar-refractivity contribution >= 4 is 43.7 Å². The number of imidazole rings is 1. The van der Waals surface area contributed by atoms with Crippen LogP contribution in [0.15, 0.2) is 40.6 Å². The highest BCUT2D eigenvalue weighted by molar-refractivity contribution is 7.90. The Kier molecular flexibility index (Phi) is 8.16. The van der Waals surface area contributed by atoms with E-state index in [0.29, 0.717) is 46.5 Å². The third-order valence-corrected chi connectivity index (χ3v) is 9.41. The minimum Gasteiger partial charge on any atom is -0.358 e. The zero-order valence-corrected chi connectivity index (χ0v) is 26.3. The third-order valence-electron chi connectivity index (χ3n) is 7.27. The van der Waals surface area contributed by atoms with Gasteiger partial charge in [-0.2, -0.15) is 0 Å². The first-order valence-corrected chi connectivity index (χ1v) is 16.9. The highest BCUT2D eigenvalue weighted by Gasteiger charge is 2.29. The van der Waals surface area contributed by atoms with Crippen LogP contribution in [0.5, 0.6) is 0 Å². The second kappa shape index (κ2) is 11.9. The molecule has 6 rings (SSSR count). The molecule has 1 fully saturated rings. The van der Waals surface area contributed by atoms with Gasteiger partial charge in [0.05, 0.1) is 27.7 Å². The molecule has 0 amide bonds. The SMILES string of the molecule is Cc1cc(Cc2cc(Nc3ccc(-c4nc(C)cs4)cc3S(C)(=O)=O)c3nc(C(F)F)n(C4CCCCO4)c3n2)nc(C)n1. The van der Waals surface area contributed by atoms with Crippen molar-refractivity contribution < 1.29 is 21.9 Å². The maximum absolute atomic E-state index is 14.5. The highest BCUT2D eigenvalue weighted by Crippen LogP contribution is 2.38. The summed E-state index contributed by atoms with van der Waals surface area (Å²) >= 11 is 1.42. The monoisotopic (exact) mass is 639 g/mol. The number of thiazole rings is 1. The summed E-state index contributed by atoms with van der Waals surface area (Å²) in [6, 6.07) is 8.55. The molecule has 230 valence electrons. The summed E-state index contributed by atoms with van der Waals surface area (Å²) in [5.41, 5.74) is 4.56. The molecule has 5 aromatic rings. The molecule has 5 heterocycles. The van der Waals surface area contributed by atoms with E-state index in [-0.39, 0.29) is 28.2 Å². The van der Waals surface area contributed by atoms with E-state index < -0.39 is 28.3 Å². The van der Waals surface area contributed by atoms with Crippen molar-refractivity contribution in [1.29, 1.82) is 0 Å². The quantitative estimate of drug-likeness (QED) is 0.199. The number of halogens is 2. The van der Waals surface area contributed by atoms with Crippen LogP contribution in [-0.2, 0) is 21.0 Å². The molecule has 44 heavy (non-hydrogen) atoms. The fourth-order valence-electron chi connectivity index (χ4n) is 5.45. The fourth-order valence-corrected chi connectivity index (χ4v) is 7.10. The Bertz CT molecular complexity index is 1950. The fraction of sp³-hybridized carbons (Fsp3) is 0.367. The first kappa shape index (κ1) is 30.2. The maximum Gasteiger partial charge on any atom is 0.295 e. The molecular formula is C30H31F2N7O3S2. The number of benzene rings is 1. The molecule has 1 aliphatic heterocycles. The molecule has 1 atom stereocenters. The van der Waals surface area contributed by atoms with Gasteiger partial charge in [0.2, 0.25) is 0 Å². The van der Waals surface area contributed by atoms with Crippen molar-refractivity contribution in [3.8, 4) is 10.6 Å². The number of hydrogen-bond acceptors (Lipinski definition) is 10. The number of rotatable bonds is 8. The molecule has 1 aliphatic rings. The summed E-state index contributed by atoms with van der Waals surface area (Å²) in [7, 11) is -3.72. The maximum atomic E-state index is 14.5. The molecule has 0 aliphatic carbocycles. The van der Waals surface area contributed by atoms with Crippen LogP contribution in [0, 0.1) is 20.8 Å². The number of fused-ring (bicyclic) bond motifs is 1. The van der Waals surface area contributed by atoms with Crippen LogP contribution < -0.4 is 5.32 Å². The normalized spacial score (nSPS) is 15.8. The highest BCUT2D eigenvalue weighted by atomic mass is 32.2. The van der Waals surface area contributed by atoms with E-state index in [9.17, 15) is 17.2 Å². The van der Waals surface area contributed by atoms with Crippen LogP contribution in [0.2, 0.25) is 0 Å². The Hall–Kier alpha value is -3.88. The number of nitrogens with one attached hydrogen (secondary N) is 1. The molecule has 10 nitrogen and oxygen atoms in total. The van der Waals surface area contributed by atoms with Gasteiger partial charge in [-0.15, -0.1) is 11.3 Å². The number of ether oxygens (including phenoxy) is 1. The lowest BCUT2D eigenvalue weighted by molar-refractivity contribution is -0.0363. The lowest BCUT2D eigenvalue weighted by Gasteiger charge is -2.25. The largest absolute Gasteiger partial charge is 0.358 e. The van der Waals surface area contributed by atoms with E-state index in [1.807, 2.05) is 25.3 Å². The van der Waals surface area contributed by atoms with Crippen LogP contribution >= 0.6 is 11.3 Å². The predicted molar refractivity (Wildman–Crippen MR) is 164 cm³/mol. The Labute approximate surface area is 257 Å². The van der Waals surface area contributed by atoms with E-state index in [1.165, 1.54) is 15.9 Å². The minimum absolute atomic E-state index is 0.0422. The smallest absolute Gasteiger partial charge is 0.295 e. The van der Waals surface area contributed by atoms with Crippen LogP contribution in [0.25, 0.3) is 21.7 Å².